The standard InChI is InChI=1S/C20H34N4O8/c1-6-12(7-2)16(22-10(3)25)15-14(8-13(17(15)27)18(28)30-5)23-19(21)24-20(29)32-9-31-11(4)26/h12-17,27H,6-9H2,1-5H3,(H,22,25)(H3,21,23,24,29)/t13-,14+,15+,16?,17+/m0/s1. The second kappa shape index (κ2) is 12.8. The minimum Gasteiger partial charge on any atom is -0.469 e. The van der Waals surface area contributed by atoms with Gasteiger partial charge in [-0.2, -0.15) is 0 Å². The summed E-state index contributed by atoms with van der Waals surface area (Å²) in [6, 6.07) is -1.18. The van der Waals surface area contributed by atoms with E-state index in [4.69, 9.17) is 10.5 Å². The third kappa shape index (κ3) is 7.66. The molecule has 0 aromatic rings. The van der Waals surface area contributed by atoms with Gasteiger partial charge in [-0.15, -0.1) is 0 Å². The number of aliphatic imine (C=N–C) groups is 1. The van der Waals surface area contributed by atoms with Crippen molar-refractivity contribution in [3.8, 4) is 0 Å². The summed E-state index contributed by atoms with van der Waals surface area (Å²) in [5, 5.41) is 16.1. The van der Waals surface area contributed by atoms with Gasteiger partial charge in [-0.1, -0.05) is 26.7 Å². The molecule has 0 aromatic heterocycles. The van der Waals surface area contributed by atoms with E-state index in [2.05, 4.69) is 25.1 Å². The third-order valence-electron chi connectivity index (χ3n) is 5.58. The Bertz CT molecular complexity index is 710. The Hall–Kier alpha value is -2.89. The highest BCUT2D eigenvalue weighted by Gasteiger charge is 2.51. The van der Waals surface area contributed by atoms with E-state index in [0.717, 1.165) is 19.8 Å². The minimum atomic E-state index is -1.14. The lowest BCUT2D eigenvalue weighted by molar-refractivity contribution is -0.150. The number of hydrogen-bond acceptors (Lipinski definition) is 9. The normalized spacial score (nSPS) is 23.9. The van der Waals surface area contributed by atoms with Crippen LogP contribution in [0, 0.1) is 17.8 Å². The van der Waals surface area contributed by atoms with Gasteiger partial charge in [0.1, 0.15) is 0 Å². The quantitative estimate of drug-likeness (QED) is 0.160. The maximum atomic E-state index is 12.2. The van der Waals surface area contributed by atoms with E-state index < -0.39 is 54.8 Å². The average molecular weight is 459 g/mol. The molecule has 2 amide bonds. The van der Waals surface area contributed by atoms with Gasteiger partial charge in [-0.3, -0.25) is 19.7 Å². The molecule has 1 saturated carbocycles. The third-order valence-corrected chi connectivity index (χ3v) is 5.58. The number of rotatable bonds is 9. The van der Waals surface area contributed by atoms with Crippen LogP contribution in [0.1, 0.15) is 47.0 Å². The SMILES string of the molecule is CCC(CC)C(NC(C)=O)[C@@H]1[C@H](O)[C@@H](C(=O)OC)C[C@H]1N=C(N)NC(=O)OCOC(C)=O. The van der Waals surface area contributed by atoms with Crippen molar-refractivity contribution in [1.82, 2.24) is 10.6 Å². The monoisotopic (exact) mass is 458 g/mol. The van der Waals surface area contributed by atoms with Crippen molar-refractivity contribution < 1.29 is 38.5 Å². The molecule has 1 aliphatic rings. The van der Waals surface area contributed by atoms with Crippen LogP contribution in [-0.2, 0) is 28.6 Å². The lowest BCUT2D eigenvalue weighted by Gasteiger charge is -2.35. The number of methoxy groups -OCH3 is 1. The first kappa shape index (κ1) is 27.1. The molecule has 5 N–H and O–H groups in total. The number of nitrogens with zero attached hydrogens (tertiary/aromatic N) is 1. The molecule has 0 aliphatic heterocycles. The van der Waals surface area contributed by atoms with Crippen LogP contribution in [0.5, 0.6) is 0 Å². The highest BCUT2D eigenvalue weighted by molar-refractivity contribution is 5.93. The maximum absolute atomic E-state index is 12.2. The van der Waals surface area contributed by atoms with Crippen LogP contribution in [0.25, 0.3) is 0 Å². The zero-order valence-electron chi connectivity index (χ0n) is 19.1. The van der Waals surface area contributed by atoms with E-state index in [1.165, 1.54) is 14.0 Å². The number of ether oxygens (including phenoxy) is 3. The van der Waals surface area contributed by atoms with Crippen molar-refractivity contribution in [2.24, 2.45) is 28.5 Å². The molecule has 0 spiro atoms. The summed E-state index contributed by atoms with van der Waals surface area (Å²) < 4.78 is 14.0. The molecule has 1 rings (SSSR count). The predicted molar refractivity (Wildman–Crippen MR) is 113 cm³/mol. The van der Waals surface area contributed by atoms with Crippen molar-refractivity contribution in [2.75, 3.05) is 13.9 Å². The fraction of sp³-hybridized carbons (Fsp3) is 0.750. The molecule has 1 fully saturated rings. The van der Waals surface area contributed by atoms with E-state index in [9.17, 15) is 24.3 Å². The topological polar surface area (TPSA) is 179 Å². The summed E-state index contributed by atoms with van der Waals surface area (Å²) in [6.07, 6.45) is -0.581. The molecule has 0 radical (unpaired) electrons. The number of nitrogens with one attached hydrogen (secondary N) is 2. The van der Waals surface area contributed by atoms with Crippen molar-refractivity contribution in [3.05, 3.63) is 0 Å². The number of nitrogens with two attached hydrogens (primary N) is 1. The van der Waals surface area contributed by atoms with Gasteiger partial charge in [0, 0.05) is 25.8 Å². The van der Waals surface area contributed by atoms with Gasteiger partial charge in [0.15, 0.2) is 5.96 Å². The van der Waals surface area contributed by atoms with Crippen molar-refractivity contribution in [3.63, 3.8) is 0 Å². The minimum absolute atomic E-state index is 0.00975. The van der Waals surface area contributed by atoms with E-state index in [0.29, 0.717) is 0 Å². The van der Waals surface area contributed by atoms with Gasteiger partial charge in [-0.05, 0) is 12.3 Å². The van der Waals surface area contributed by atoms with Gasteiger partial charge < -0.3 is 30.4 Å². The molecule has 32 heavy (non-hydrogen) atoms. The van der Waals surface area contributed by atoms with E-state index in [1.54, 1.807) is 0 Å². The Balaban J connectivity index is 3.15. The Morgan fingerprint density at radius 3 is 2.28 bits per heavy atom. The number of aliphatic hydroxyl groups is 1. The Kier molecular flexibility index (Phi) is 10.9. The van der Waals surface area contributed by atoms with Gasteiger partial charge in [0.2, 0.25) is 12.7 Å². The van der Waals surface area contributed by atoms with Gasteiger partial charge >= 0.3 is 18.0 Å². The van der Waals surface area contributed by atoms with Crippen LogP contribution in [0.3, 0.4) is 0 Å². The summed E-state index contributed by atoms with van der Waals surface area (Å²) in [4.78, 5) is 50.9. The second-order valence-corrected chi connectivity index (χ2v) is 7.63. The zero-order valence-corrected chi connectivity index (χ0v) is 19.1. The smallest absolute Gasteiger partial charge is 0.416 e. The summed E-state index contributed by atoms with van der Waals surface area (Å²) in [6.45, 7) is 5.88. The predicted octanol–water partition coefficient (Wildman–Crippen LogP) is 0.0274. The average Bonchev–Trinajstić information content (AvgIpc) is 3.02. The molecule has 1 aliphatic carbocycles. The molecule has 0 aromatic carbocycles. The first-order valence-corrected chi connectivity index (χ1v) is 10.5. The Morgan fingerprint density at radius 1 is 1.16 bits per heavy atom. The first-order chi connectivity index (χ1) is 15.0. The van der Waals surface area contributed by atoms with Gasteiger partial charge in [0.05, 0.1) is 25.2 Å². The highest BCUT2D eigenvalue weighted by Crippen LogP contribution is 2.40. The molecule has 182 valence electrons. The Labute approximate surface area is 187 Å². The Morgan fingerprint density at radius 2 is 1.78 bits per heavy atom. The fourth-order valence-electron chi connectivity index (χ4n) is 4.11. The van der Waals surface area contributed by atoms with Gasteiger partial charge in [0.25, 0.3) is 0 Å². The molecule has 0 saturated heterocycles. The fourth-order valence-corrected chi connectivity index (χ4v) is 4.11. The van der Waals surface area contributed by atoms with E-state index in [1.807, 2.05) is 13.8 Å². The molecule has 1 unspecified atom stereocenters. The van der Waals surface area contributed by atoms with E-state index >= 15 is 0 Å². The number of carbonyl (C=O) groups excluding carboxylic acids is 4. The number of hydrogen-bond donors (Lipinski definition) is 4. The van der Waals surface area contributed by atoms with Crippen molar-refractivity contribution in [2.45, 2.75) is 65.1 Å². The van der Waals surface area contributed by atoms with Crippen LogP contribution in [0.15, 0.2) is 4.99 Å². The maximum Gasteiger partial charge on any atom is 0.416 e. The lowest BCUT2D eigenvalue weighted by atomic mass is 9.80. The summed E-state index contributed by atoms with van der Waals surface area (Å²) in [5.41, 5.74) is 5.84. The highest BCUT2D eigenvalue weighted by atomic mass is 16.7. The molecular weight excluding hydrogens is 424 g/mol. The van der Waals surface area contributed by atoms with Crippen LogP contribution >= 0.6 is 0 Å². The van der Waals surface area contributed by atoms with Crippen LogP contribution < -0.4 is 16.4 Å². The number of carbonyl (C=O) groups is 4. The molecule has 5 atom stereocenters. The molecular formula is C20H34N4O8. The van der Waals surface area contributed by atoms with Crippen LogP contribution in [-0.4, -0.2) is 67.1 Å². The summed E-state index contributed by atoms with van der Waals surface area (Å²) >= 11 is 0. The zero-order chi connectivity index (χ0) is 24.4. The molecule has 12 nitrogen and oxygen atoms in total. The van der Waals surface area contributed by atoms with Gasteiger partial charge in [-0.25, -0.2) is 9.79 Å². The van der Waals surface area contributed by atoms with E-state index in [-0.39, 0.29) is 24.2 Å². The largest absolute Gasteiger partial charge is 0.469 e. The van der Waals surface area contributed by atoms with Crippen molar-refractivity contribution >= 4 is 29.9 Å². The summed E-state index contributed by atoms with van der Waals surface area (Å²) in [7, 11) is 1.22. The number of alkyl carbamates (subject to hydrolysis) is 1. The molecule has 0 heterocycles. The molecule has 0 bridgehead atoms. The van der Waals surface area contributed by atoms with Crippen LogP contribution in [0.4, 0.5) is 4.79 Å². The summed E-state index contributed by atoms with van der Waals surface area (Å²) in [5.74, 6) is -3.32. The number of guanidine groups is 1. The lowest BCUT2D eigenvalue weighted by Crippen LogP contribution is -2.51. The molecule has 12 heteroatoms. The number of aliphatic hydroxyl groups excluding tert-OH is 1. The second-order valence-electron chi connectivity index (χ2n) is 7.63. The number of amides is 2. The van der Waals surface area contributed by atoms with Crippen molar-refractivity contribution in [1.29, 1.82) is 0 Å². The first-order valence-electron chi connectivity index (χ1n) is 10.5. The van der Waals surface area contributed by atoms with Crippen LogP contribution in [0.2, 0.25) is 0 Å². The number of esters is 2.